The molecule has 0 amide bonds. The predicted octanol–water partition coefficient (Wildman–Crippen LogP) is 1.62. The van der Waals surface area contributed by atoms with Crippen LogP contribution in [0, 0.1) is 5.82 Å². The molecule has 0 aromatic heterocycles. The summed E-state index contributed by atoms with van der Waals surface area (Å²) in [7, 11) is 0.605. The summed E-state index contributed by atoms with van der Waals surface area (Å²) in [6, 6.07) is 6.61. The van der Waals surface area contributed by atoms with Crippen molar-refractivity contribution >= 4 is 45.5 Å². The summed E-state index contributed by atoms with van der Waals surface area (Å²) in [5, 5.41) is 6.31. The van der Waals surface area contributed by atoms with E-state index in [1.807, 2.05) is 18.0 Å². The summed E-state index contributed by atoms with van der Waals surface area (Å²) in [6.07, 6.45) is 1.41. The molecule has 1 aliphatic heterocycles. The van der Waals surface area contributed by atoms with Gasteiger partial charge in [0.2, 0.25) is 0 Å². The lowest BCUT2D eigenvalue weighted by atomic mass is 10.2. The maximum absolute atomic E-state index is 13.7. The highest BCUT2D eigenvalue weighted by molar-refractivity contribution is 14.0. The van der Waals surface area contributed by atoms with Crippen molar-refractivity contribution in [2.24, 2.45) is 4.99 Å². The van der Waals surface area contributed by atoms with Crippen LogP contribution in [0.15, 0.2) is 29.3 Å². The Balaban J connectivity index is 0.00000312. The lowest BCUT2D eigenvalue weighted by Crippen LogP contribution is -2.44. The van der Waals surface area contributed by atoms with E-state index in [-0.39, 0.29) is 47.3 Å². The molecule has 1 atom stereocenters. The number of anilines is 1. The first-order valence-electron chi connectivity index (χ1n) is 8.04. The first kappa shape index (κ1) is 21.9. The van der Waals surface area contributed by atoms with Gasteiger partial charge in [0.1, 0.15) is 5.82 Å². The fourth-order valence-electron chi connectivity index (χ4n) is 2.70. The van der Waals surface area contributed by atoms with Gasteiger partial charge in [0.15, 0.2) is 15.8 Å². The molecule has 9 heteroatoms. The highest BCUT2D eigenvalue weighted by atomic mass is 127. The van der Waals surface area contributed by atoms with Crippen molar-refractivity contribution in [2.75, 3.05) is 43.6 Å². The largest absolute Gasteiger partial charge is 0.372 e. The minimum absolute atomic E-state index is 0. The average molecular weight is 484 g/mol. The van der Waals surface area contributed by atoms with Crippen LogP contribution in [0.4, 0.5) is 10.1 Å². The molecule has 1 aromatic carbocycles. The minimum Gasteiger partial charge on any atom is -0.372 e. The Hall–Kier alpha value is -1.10. The van der Waals surface area contributed by atoms with Crippen LogP contribution in [0.3, 0.4) is 0 Å². The van der Waals surface area contributed by atoms with E-state index in [4.69, 9.17) is 0 Å². The maximum Gasteiger partial charge on any atom is 0.191 e. The highest BCUT2D eigenvalue weighted by Crippen LogP contribution is 2.16. The van der Waals surface area contributed by atoms with Gasteiger partial charge >= 0.3 is 0 Å². The zero-order valence-electron chi connectivity index (χ0n) is 14.5. The zero-order valence-corrected chi connectivity index (χ0v) is 17.7. The molecule has 1 saturated heterocycles. The van der Waals surface area contributed by atoms with Crippen molar-refractivity contribution in [1.82, 2.24) is 10.6 Å². The summed E-state index contributed by atoms with van der Waals surface area (Å²) in [4.78, 5) is 5.99. The number of halogens is 2. The topological polar surface area (TPSA) is 73.8 Å². The van der Waals surface area contributed by atoms with Crippen molar-refractivity contribution in [1.29, 1.82) is 0 Å². The Morgan fingerprint density at radius 1 is 1.40 bits per heavy atom. The molecule has 6 nitrogen and oxygen atoms in total. The molecule has 1 aromatic rings. The van der Waals surface area contributed by atoms with Gasteiger partial charge in [-0.2, -0.15) is 0 Å². The summed E-state index contributed by atoms with van der Waals surface area (Å²) in [5.41, 5.74) is 0.580. The lowest BCUT2D eigenvalue weighted by Gasteiger charge is -2.21. The van der Waals surface area contributed by atoms with Gasteiger partial charge in [0, 0.05) is 33.2 Å². The van der Waals surface area contributed by atoms with E-state index < -0.39 is 9.84 Å². The molecule has 142 valence electrons. The molecular weight excluding hydrogens is 458 g/mol. The standard InChI is InChI=1S/C16H25FN4O2S.HI/c1-18-16(20-13-8-11-24(22,23)12-13)19-9-5-10-21(2)15-7-4-3-6-14(15)17;/h3-4,6-7,13H,5,8-12H2,1-2H3,(H2,18,19,20);1H. The molecule has 1 heterocycles. The molecule has 0 saturated carbocycles. The van der Waals surface area contributed by atoms with Gasteiger partial charge in [-0.3, -0.25) is 4.99 Å². The van der Waals surface area contributed by atoms with Crippen LogP contribution in [-0.2, 0) is 9.84 Å². The first-order valence-corrected chi connectivity index (χ1v) is 9.86. The zero-order chi connectivity index (χ0) is 17.6. The van der Waals surface area contributed by atoms with Gasteiger partial charge in [0.05, 0.1) is 17.2 Å². The third-order valence-electron chi connectivity index (χ3n) is 4.02. The predicted molar refractivity (Wildman–Crippen MR) is 111 cm³/mol. The fraction of sp³-hybridized carbons (Fsp3) is 0.562. The van der Waals surface area contributed by atoms with Crippen LogP contribution in [0.1, 0.15) is 12.8 Å². The maximum atomic E-state index is 13.7. The second kappa shape index (κ2) is 10.1. The summed E-state index contributed by atoms with van der Waals surface area (Å²) < 4.78 is 36.6. The van der Waals surface area contributed by atoms with Crippen LogP contribution in [0.2, 0.25) is 0 Å². The molecule has 1 aliphatic rings. The summed E-state index contributed by atoms with van der Waals surface area (Å²) in [6.45, 7) is 1.36. The van der Waals surface area contributed by atoms with Crippen LogP contribution in [0.25, 0.3) is 0 Å². The molecule has 0 aliphatic carbocycles. The number of benzene rings is 1. The molecule has 0 bridgehead atoms. The van der Waals surface area contributed by atoms with E-state index >= 15 is 0 Å². The second-order valence-corrected chi connectivity index (χ2v) is 8.20. The number of aliphatic imine (C=N–C) groups is 1. The van der Waals surface area contributed by atoms with Crippen molar-refractivity contribution < 1.29 is 12.8 Å². The number of sulfone groups is 1. The smallest absolute Gasteiger partial charge is 0.191 e. The summed E-state index contributed by atoms with van der Waals surface area (Å²) >= 11 is 0. The third-order valence-corrected chi connectivity index (χ3v) is 5.79. The number of nitrogens with one attached hydrogen (secondary N) is 2. The van der Waals surface area contributed by atoms with Gasteiger partial charge < -0.3 is 15.5 Å². The Kier molecular flexibility index (Phi) is 8.91. The Bertz CT molecular complexity index is 684. The van der Waals surface area contributed by atoms with Gasteiger partial charge in [-0.15, -0.1) is 24.0 Å². The van der Waals surface area contributed by atoms with E-state index in [1.54, 1.807) is 19.2 Å². The highest BCUT2D eigenvalue weighted by Gasteiger charge is 2.28. The van der Waals surface area contributed by atoms with E-state index in [9.17, 15) is 12.8 Å². The molecule has 1 unspecified atom stereocenters. The van der Waals surface area contributed by atoms with Gasteiger partial charge in [-0.1, -0.05) is 12.1 Å². The number of hydrogen-bond donors (Lipinski definition) is 2. The van der Waals surface area contributed by atoms with E-state index in [0.29, 0.717) is 31.2 Å². The fourth-order valence-corrected chi connectivity index (χ4v) is 4.37. The van der Waals surface area contributed by atoms with Crippen molar-refractivity contribution in [3.8, 4) is 0 Å². The molecule has 25 heavy (non-hydrogen) atoms. The quantitative estimate of drug-likeness (QED) is 0.278. The number of nitrogens with zero attached hydrogens (tertiary/aromatic N) is 2. The van der Waals surface area contributed by atoms with Crippen molar-refractivity contribution in [2.45, 2.75) is 18.9 Å². The van der Waals surface area contributed by atoms with Gasteiger partial charge in [0.25, 0.3) is 0 Å². The van der Waals surface area contributed by atoms with Crippen LogP contribution < -0.4 is 15.5 Å². The van der Waals surface area contributed by atoms with Crippen molar-refractivity contribution in [3.63, 3.8) is 0 Å². The van der Waals surface area contributed by atoms with Crippen LogP contribution >= 0.6 is 24.0 Å². The monoisotopic (exact) mass is 484 g/mol. The molecule has 2 N–H and O–H groups in total. The number of hydrogen-bond acceptors (Lipinski definition) is 4. The lowest BCUT2D eigenvalue weighted by molar-refractivity contribution is 0.599. The van der Waals surface area contributed by atoms with E-state index in [0.717, 1.165) is 6.42 Å². The molecule has 0 spiro atoms. The van der Waals surface area contributed by atoms with Crippen LogP contribution in [-0.4, -0.2) is 59.1 Å². The molecule has 2 rings (SSSR count). The average Bonchev–Trinajstić information content (AvgIpc) is 2.89. The Labute approximate surface area is 166 Å². The van der Waals surface area contributed by atoms with E-state index in [2.05, 4.69) is 15.6 Å². The first-order chi connectivity index (χ1) is 11.4. The second-order valence-electron chi connectivity index (χ2n) is 5.97. The summed E-state index contributed by atoms with van der Waals surface area (Å²) in [5.74, 6) is 0.761. The molecule has 0 radical (unpaired) electrons. The number of rotatable bonds is 6. The van der Waals surface area contributed by atoms with Crippen LogP contribution in [0.5, 0.6) is 0 Å². The Morgan fingerprint density at radius 2 is 2.12 bits per heavy atom. The molecule has 1 fully saturated rings. The Morgan fingerprint density at radius 3 is 2.72 bits per heavy atom. The van der Waals surface area contributed by atoms with E-state index in [1.165, 1.54) is 6.07 Å². The molecular formula is C16H26FIN4O2S. The number of guanidine groups is 1. The minimum atomic E-state index is -2.91. The van der Waals surface area contributed by atoms with Gasteiger partial charge in [-0.05, 0) is 25.0 Å². The van der Waals surface area contributed by atoms with Gasteiger partial charge in [-0.25, -0.2) is 12.8 Å². The normalized spacial score (nSPS) is 19.2. The number of para-hydroxylation sites is 1. The third kappa shape index (κ3) is 6.96. The SMILES string of the molecule is CN=C(NCCCN(C)c1ccccc1F)NC1CCS(=O)(=O)C1.I. The van der Waals surface area contributed by atoms with Crippen molar-refractivity contribution in [3.05, 3.63) is 30.1 Å².